The van der Waals surface area contributed by atoms with Crippen LogP contribution in [0.4, 0.5) is 0 Å². The summed E-state index contributed by atoms with van der Waals surface area (Å²) >= 11 is 0. The fraction of sp³-hybridized carbons (Fsp3) is 0.600. The first-order chi connectivity index (χ1) is 5.33. The normalized spacial score (nSPS) is 13.1. The lowest BCUT2D eigenvalue weighted by Gasteiger charge is -2.06. The third-order valence-corrected chi connectivity index (χ3v) is 2.25. The third-order valence-electron chi connectivity index (χ3n) is 1.33. The van der Waals surface area contributed by atoms with Crippen molar-refractivity contribution < 1.29 is 5.11 Å². The Balaban J connectivity index is 3.96. The van der Waals surface area contributed by atoms with Gasteiger partial charge in [-0.2, -0.15) is 0 Å². The first kappa shape index (κ1) is 11.5. The largest absolute Gasteiger partial charge is 0.388 e. The summed E-state index contributed by atoms with van der Waals surface area (Å²) in [6, 6.07) is 0. The van der Waals surface area contributed by atoms with Gasteiger partial charge in [0.2, 0.25) is 0 Å². The molecular formula is C10H18OSi. The molecule has 0 spiro atoms. The molecule has 1 N–H and O–H groups in total. The average molecular weight is 182 g/mol. The number of aliphatic hydroxyl groups is 1. The maximum Gasteiger partial charge on any atom is 0.129 e. The maximum atomic E-state index is 9.34. The van der Waals surface area contributed by atoms with Crippen molar-refractivity contribution in [2.75, 3.05) is 0 Å². The van der Waals surface area contributed by atoms with E-state index in [0.29, 0.717) is 6.42 Å². The molecule has 0 aromatic carbocycles. The molecule has 1 unspecified atom stereocenters. The fourth-order valence-electron chi connectivity index (χ4n) is 0.587. The molecule has 0 fully saturated rings. The van der Waals surface area contributed by atoms with Crippen molar-refractivity contribution in [1.82, 2.24) is 0 Å². The van der Waals surface area contributed by atoms with Gasteiger partial charge in [-0.1, -0.05) is 31.8 Å². The summed E-state index contributed by atoms with van der Waals surface area (Å²) in [4.78, 5) is 0. The van der Waals surface area contributed by atoms with Crippen LogP contribution in [0.3, 0.4) is 0 Å². The highest BCUT2D eigenvalue weighted by Gasteiger charge is 2.08. The second-order valence-electron chi connectivity index (χ2n) is 4.12. The Hall–Kier alpha value is -0.523. The highest BCUT2D eigenvalue weighted by Crippen LogP contribution is 2.02. The van der Waals surface area contributed by atoms with E-state index < -0.39 is 14.2 Å². The molecule has 0 rings (SSSR count). The van der Waals surface area contributed by atoms with Crippen LogP contribution >= 0.6 is 0 Å². The van der Waals surface area contributed by atoms with Crippen molar-refractivity contribution in [3.8, 4) is 11.5 Å². The van der Waals surface area contributed by atoms with E-state index >= 15 is 0 Å². The second-order valence-corrected chi connectivity index (χ2v) is 8.87. The minimum Gasteiger partial charge on any atom is -0.388 e. The summed E-state index contributed by atoms with van der Waals surface area (Å²) in [5.41, 5.74) is 3.99. The molecule has 0 heterocycles. The van der Waals surface area contributed by atoms with Gasteiger partial charge in [-0.05, 0) is 6.92 Å². The Morgan fingerprint density at radius 3 is 2.33 bits per heavy atom. The molecule has 2 heteroatoms. The van der Waals surface area contributed by atoms with Gasteiger partial charge in [0, 0.05) is 6.42 Å². The van der Waals surface area contributed by atoms with E-state index in [1.807, 2.05) is 6.92 Å². The molecule has 1 atom stereocenters. The smallest absolute Gasteiger partial charge is 0.129 e. The van der Waals surface area contributed by atoms with Crippen molar-refractivity contribution in [2.24, 2.45) is 0 Å². The molecule has 1 nitrogen and oxygen atoms in total. The Bertz CT molecular complexity index is 214. The Morgan fingerprint density at radius 2 is 2.00 bits per heavy atom. The van der Waals surface area contributed by atoms with Crippen LogP contribution in [0.5, 0.6) is 0 Å². The molecule has 0 aliphatic carbocycles. The number of hydrogen-bond donors (Lipinski definition) is 1. The zero-order valence-corrected chi connectivity index (χ0v) is 9.44. The molecule has 0 aliphatic heterocycles. The van der Waals surface area contributed by atoms with Crippen molar-refractivity contribution >= 4 is 8.07 Å². The highest BCUT2D eigenvalue weighted by molar-refractivity contribution is 6.83. The average Bonchev–Trinajstić information content (AvgIpc) is 1.84. The lowest BCUT2D eigenvalue weighted by molar-refractivity contribution is 0.217. The molecule has 0 aromatic heterocycles. The minimum atomic E-state index is -1.26. The number of aliphatic hydroxyl groups excluding tert-OH is 1. The monoisotopic (exact) mass is 182 g/mol. The molecule has 0 radical (unpaired) electrons. The Kier molecular flexibility index (Phi) is 4.29. The lowest BCUT2D eigenvalue weighted by Crippen LogP contribution is -2.16. The molecule has 0 saturated carbocycles. The van der Waals surface area contributed by atoms with E-state index in [2.05, 4.69) is 37.7 Å². The van der Waals surface area contributed by atoms with E-state index in [4.69, 9.17) is 0 Å². The predicted octanol–water partition coefficient (Wildman–Crippen LogP) is 2.19. The molecule has 68 valence electrons. The zero-order chi connectivity index (χ0) is 9.78. The van der Waals surface area contributed by atoms with E-state index in [1.165, 1.54) is 0 Å². The predicted molar refractivity (Wildman–Crippen MR) is 56.6 cm³/mol. The topological polar surface area (TPSA) is 20.2 Å². The summed E-state index contributed by atoms with van der Waals surface area (Å²) in [6.07, 6.45) is 0.0772. The van der Waals surface area contributed by atoms with E-state index in [1.54, 1.807) is 0 Å². The third kappa shape index (κ3) is 6.20. The standard InChI is InChI=1S/C10H18OSi/c1-9(2)10(11)7-6-8-12(3,4)5/h10-11H,1,7H2,2-5H3. The van der Waals surface area contributed by atoms with Gasteiger partial charge in [0.25, 0.3) is 0 Å². The molecule has 0 amide bonds. The molecule has 0 saturated heterocycles. The van der Waals surface area contributed by atoms with Gasteiger partial charge in [-0.25, -0.2) is 0 Å². The second kappa shape index (κ2) is 4.49. The number of hydrogen-bond acceptors (Lipinski definition) is 1. The summed E-state index contributed by atoms with van der Waals surface area (Å²) < 4.78 is 0. The number of rotatable bonds is 2. The summed E-state index contributed by atoms with van der Waals surface area (Å²) in [7, 11) is -1.26. The summed E-state index contributed by atoms with van der Waals surface area (Å²) in [5, 5.41) is 9.34. The van der Waals surface area contributed by atoms with Gasteiger partial charge in [0.05, 0.1) is 6.10 Å². The molecule has 0 aliphatic rings. The SMILES string of the molecule is C=C(C)C(O)CC#C[Si](C)(C)C. The summed E-state index contributed by atoms with van der Waals surface area (Å²) in [6.45, 7) is 12.0. The van der Waals surface area contributed by atoms with Crippen molar-refractivity contribution in [2.45, 2.75) is 39.1 Å². The van der Waals surface area contributed by atoms with E-state index in [-0.39, 0.29) is 0 Å². The van der Waals surface area contributed by atoms with Crippen molar-refractivity contribution in [1.29, 1.82) is 0 Å². The quantitative estimate of drug-likeness (QED) is 0.394. The Labute approximate surface area is 76.5 Å². The van der Waals surface area contributed by atoms with Crippen LogP contribution in [0, 0.1) is 11.5 Å². The Morgan fingerprint density at radius 1 is 1.50 bits per heavy atom. The van der Waals surface area contributed by atoms with Gasteiger partial charge < -0.3 is 5.11 Å². The minimum absolute atomic E-state index is 0.450. The molecule has 12 heavy (non-hydrogen) atoms. The maximum absolute atomic E-state index is 9.34. The van der Waals surface area contributed by atoms with E-state index in [9.17, 15) is 5.11 Å². The molecule has 0 bridgehead atoms. The molecular weight excluding hydrogens is 164 g/mol. The van der Waals surface area contributed by atoms with Gasteiger partial charge in [-0.3, -0.25) is 0 Å². The van der Waals surface area contributed by atoms with Crippen molar-refractivity contribution in [3.63, 3.8) is 0 Å². The van der Waals surface area contributed by atoms with Crippen molar-refractivity contribution in [3.05, 3.63) is 12.2 Å². The van der Waals surface area contributed by atoms with Crippen LogP contribution in [0.2, 0.25) is 19.6 Å². The fourth-order valence-corrected chi connectivity index (χ4v) is 1.22. The van der Waals surface area contributed by atoms with Crippen LogP contribution in [0.15, 0.2) is 12.2 Å². The van der Waals surface area contributed by atoms with Crippen LogP contribution in [-0.2, 0) is 0 Å². The lowest BCUT2D eigenvalue weighted by atomic mass is 10.1. The van der Waals surface area contributed by atoms with Crippen LogP contribution in [-0.4, -0.2) is 19.3 Å². The van der Waals surface area contributed by atoms with Gasteiger partial charge in [0.1, 0.15) is 8.07 Å². The van der Waals surface area contributed by atoms with Gasteiger partial charge >= 0.3 is 0 Å². The van der Waals surface area contributed by atoms with E-state index in [0.717, 1.165) is 5.57 Å². The van der Waals surface area contributed by atoms with Crippen LogP contribution < -0.4 is 0 Å². The summed E-state index contributed by atoms with van der Waals surface area (Å²) in [5.74, 6) is 3.01. The first-order valence-corrected chi connectivity index (χ1v) is 7.66. The van der Waals surface area contributed by atoms with Gasteiger partial charge in [0.15, 0.2) is 0 Å². The molecule has 0 aromatic rings. The van der Waals surface area contributed by atoms with Gasteiger partial charge in [-0.15, -0.1) is 11.5 Å². The zero-order valence-electron chi connectivity index (χ0n) is 8.44. The van der Waals surface area contributed by atoms with Crippen LogP contribution in [0.25, 0.3) is 0 Å². The first-order valence-electron chi connectivity index (χ1n) is 4.16. The highest BCUT2D eigenvalue weighted by atomic mass is 28.3. The van der Waals surface area contributed by atoms with Crippen LogP contribution in [0.1, 0.15) is 13.3 Å².